The van der Waals surface area contributed by atoms with Gasteiger partial charge < -0.3 is 9.26 Å². The fourth-order valence-electron chi connectivity index (χ4n) is 3.33. The van der Waals surface area contributed by atoms with Gasteiger partial charge in [0, 0.05) is 28.7 Å². The highest BCUT2D eigenvalue weighted by Crippen LogP contribution is 2.32. The molecule has 0 spiro atoms. The number of hydrogen-bond donors (Lipinski definition) is 1. The van der Waals surface area contributed by atoms with Gasteiger partial charge in [-0.3, -0.25) is 4.98 Å². The zero-order valence-electron chi connectivity index (χ0n) is 17.3. The van der Waals surface area contributed by atoms with E-state index in [1.807, 2.05) is 26.0 Å². The van der Waals surface area contributed by atoms with Crippen LogP contribution in [0.15, 0.2) is 70.3 Å². The second-order valence-electron chi connectivity index (χ2n) is 7.35. The van der Waals surface area contributed by atoms with Gasteiger partial charge in [0.15, 0.2) is 0 Å². The lowest BCUT2D eigenvalue weighted by molar-refractivity contribution is 0.311. The summed E-state index contributed by atoms with van der Waals surface area (Å²) in [6.45, 7) is 3.76. The monoisotopic (exact) mass is 438 g/mol. The minimum absolute atomic E-state index is 0.138. The first-order chi connectivity index (χ1) is 14.9. The molecule has 0 bridgehead atoms. The SMILES string of the molecule is COc1ccc(S(=O)(=O)NC(c2nc(-c3cccnc3)no2)C(C)C)c2ccccc12. The summed E-state index contributed by atoms with van der Waals surface area (Å²) in [5, 5.41) is 5.27. The Kier molecular flexibility index (Phi) is 5.71. The van der Waals surface area contributed by atoms with E-state index >= 15 is 0 Å². The number of methoxy groups -OCH3 is 1. The maximum absolute atomic E-state index is 13.4. The molecule has 0 aliphatic rings. The topological polar surface area (TPSA) is 107 Å². The first-order valence-corrected chi connectivity index (χ1v) is 11.2. The summed E-state index contributed by atoms with van der Waals surface area (Å²) in [6.07, 6.45) is 3.27. The van der Waals surface area contributed by atoms with Crippen LogP contribution >= 0.6 is 0 Å². The molecule has 2 heterocycles. The molecule has 4 aromatic rings. The van der Waals surface area contributed by atoms with Crippen molar-refractivity contribution in [3.05, 3.63) is 66.8 Å². The summed E-state index contributed by atoms with van der Waals surface area (Å²) in [6, 6.07) is 13.3. The second kappa shape index (κ2) is 8.44. The number of aromatic nitrogens is 3. The average Bonchev–Trinajstić information content (AvgIpc) is 3.27. The predicted octanol–water partition coefficient (Wildman–Crippen LogP) is 3.97. The van der Waals surface area contributed by atoms with Crippen molar-refractivity contribution >= 4 is 20.8 Å². The van der Waals surface area contributed by atoms with Crippen LogP contribution in [0.1, 0.15) is 25.8 Å². The van der Waals surface area contributed by atoms with Gasteiger partial charge in [0.25, 0.3) is 0 Å². The van der Waals surface area contributed by atoms with Gasteiger partial charge in [-0.1, -0.05) is 43.3 Å². The lowest BCUT2D eigenvalue weighted by atomic mass is 10.1. The summed E-state index contributed by atoms with van der Waals surface area (Å²) < 4.78 is 40.2. The molecule has 8 nitrogen and oxygen atoms in total. The van der Waals surface area contributed by atoms with E-state index in [0.717, 1.165) is 0 Å². The molecule has 1 N–H and O–H groups in total. The van der Waals surface area contributed by atoms with E-state index in [4.69, 9.17) is 9.26 Å². The molecule has 0 aliphatic heterocycles. The minimum atomic E-state index is -3.91. The Balaban J connectivity index is 1.71. The molecule has 1 atom stereocenters. The molecule has 160 valence electrons. The fourth-order valence-corrected chi connectivity index (χ4v) is 4.88. The third-order valence-electron chi connectivity index (χ3n) is 4.93. The molecule has 0 aliphatic carbocycles. The van der Waals surface area contributed by atoms with Crippen LogP contribution in [0.4, 0.5) is 0 Å². The second-order valence-corrected chi connectivity index (χ2v) is 9.03. The van der Waals surface area contributed by atoms with Crippen LogP contribution in [0.3, 0.4) is 0 Å². The Morgan fingerprint density at radius 1 is 1.03 bits per heavy atom. The van der Waals surface area contributed by atoms with E-state index in [0.29, 0.717) is 27.9 Å². The predicted molar refractivity (Wildman–Crippen MR) is 116 cm³/mol. The van der Waals surface area contributed by atoms with Crippen molar-refractivity contribution in [2.45, 2.75) is 24.8 Å². The highest BCUT2D eigenvalue weighted by molar-refractivity contribution is 7.89. The number of pyridine rings is 1. The number of ether oxygens (including phenoxy) is 1. The first kappa shape index (κ1) is 21.0. The number of sulfonamides is 1. The minimum Gasteiger partial charge on any atom is -0.496 e. The lowest BCUT2D eigenvalue weighted by Gasteiger charge is -2.19. The lowest BCUT2D eigenvalue weighted by Crippen LogP contribution is -2.32. The van der Waals surface area contributed by atoms with E-state index in [1.165, 1.54) is 6.07 Å². The molecule has 0 radical (unpaired) electrons. The van der Waals surface area contributed by atoms with Crippen molar-refractivity contribution in [1.29, 1.82) is 0 Å². The van der Waals surface area contributed by atoms with Gasteiger partial charge in [0.05, 0.1) is 12.0 Å². The molecular weight excluding hydrogens is 416 g/mol. The van der Waals surface area contributed by atoms with Gasteiger partial charge in [-0.15, -0.1) is 0 Å². The number of fused-ring (bicyclic) bond motifs is 1. The number of rotatable bonds is 7. The van der Waals surface area contributed by atoms with Crippen LogP contribution < -0.4 is 9.46 Å². The fraction of sp³-hybridized carbons (Fsp3) is 0.227. The van der Waals surface area contributed by atoms with Gasteiger partial charge >= 0.3 is 0 Å². The molecule has 9 heteroatoms. The van der Waals surface area contributed by atoms with Crippen molar-refractivity contribution in [1.82, 2.24) is 19.8 Å². The summed E-state index contributed by atoms with van der Waals surface area (Å²) >= 11 is 0. The van der Waals surface area contributed by atoms with Gasteiger partial charge in [-0.25, -0.2) is 8.42 Å². The van der Waals surface area contributed by atoms with Gasteiger partial charge in [0.1, 0.15) is 11.8 Å². The first-order valence-electron chi connectivity index (χ1n) is 9.73. The average molecular weight is 439 g/mol. The molecule has 2 aromatic heterocycles. The van der Waals surface area contributed by atoms with Crippen LogP contribution in [0.5, 0.6) is 5.75 Å². The Bertz CT molecular complexity index is 1300. The normalized spacial score (nSPS) is 12.9. The quantitative estimate of drug-likeness (QED) is 0.465. The van der Waals surface area contributed by atoms with Crippen molar-refractivity contribution in [2.24, 2.45) is 5.92 Å². The largest absolute Gasteiger partial charge is 0.496 e. The van der Waals surface area contributed by atoms with Crippen LogP contribution in [0.25, 0.3) is 22.2 Å². The summed E-state index contributed by atoms with van der Waals surface area (Å²) in [5.41, 5.74) is 0.684. The Morgan fingerprint density at radius 3 is 2.48 bits per heavy atom. The summed E-state index contributed by atoms with van der Waals surface area (Å²) in [5.74, 6) is 1.01. The van der Waals surface area contributed by atoms with Crippen molar-refractivity contribution in [2.75, 3.05) is 7.11 Å². The van der Waals surface area contributed by atoms with Gasteiger partial charge in [-0.05, 0) is 30.2 Å². The van der Waals surface area contributed by atoms with E-state index in [2.05, 4.69) is 19.8 Å². The zero-order valence-corrected chi connectivity index (χ0v) is 18.1. The van der Waals surface area contributed by atoms with Crippen molar-refractivity contribution in [3.8, 4) is 17.1 Å². The maximum Gasteiger partial charge on any atom is 0.245 e. The zero-order chi connectivity index (χ0) is 22.0. The van der Waals surface area contributed by atoms with Gasteiger partial charge in [0.2, 0.25) is 21.7 Å². The molecule has 0 fully saturated rings. The smallest absolute Gasteiger partial charge is 0.245 e. The van der Waals surface area contributed by atoms with E-state index in [1.54, 1.807) is 49.8 Å². The highest BCUT2D eigenvalue weighted by atomic mass is 32.2. The molecule has 1 unspecified atom stereocenters. The maximum atomic E-state index is 13.4. The molecule has 0 saturated carbocycles. The van der Waals surface area contributed by atoms with Crippen LogP contribution in [0, 0.1) is 5.92 Å². The molecule has 31 heavy (non-hydrogen) atoms. The van der Waals surface area contributed by atoms with E-state index in [9.17, 15) is 8.42 Å². The van der Waals surface area contributed by atoms with E-state index < -0.39 is 16.1 Å². The van der Waals surface area contributed by atoms with Crippen molar-refractivity contribution < 1.29 is 17.7 Å². The Labute approximate surface area is 180 Å². The molecular formula is C22H22N4O4S. The number of nitrogens with zero attached hydrogens (tertiary/aromatic N) is 3. The van der Waals surface area contributed by atoms with E-state index in [-0.39, 0.29) is 16.7 Å². The van der Waals surface area contributed by atoms with Crippen molar-refractivity contribution in [3.63, 3.8) is 0 Å². The van der Waals surface area contributed by atoms with Gasteiger partial charge in [-0.2, -0.15) is 9.71 Å². The Hall–Kier alpha value is -3.30. The third kappa shape index (κ3) is 4.14. The third-order valence-corrected chi connectivity index (χ3v) is 6.43. The molecule has 2 aromatic carbocycles. The highest BCUT2D eigenvalue weighted by Gasteiger charge is 2.30. The van der Waals surface area contributed by atoms with Crippen LogP contribution in [-0.4, -0.2) is 30.7 Å². The number of benzene rings is 2. The molecule has 4 rings (SSSR count). The summed E-state index contributed by atoms with van der Waals surface area (Å²) in [4.78, 5) is 8.61. The Morgan fingerprint density at radius 2 is 1.81 bits per heavy atom. The van der Waals surface area contributed by atoms with Crippen LogP contribution in [0.2, 0.25) is 0 Å². The molecule has 0 amide bonds. The number of hydrogen-bond acceptors (Lipinski definition) is 7. The number of nitrogens with one attached hydrogen (secondary N) is 1. The van der Waals surface area contributed by atoms with Crippen LogP contribution in [-0.2, 0) is 10.0 Å². The standard InChI is InChI=1S/C22H22N4O4S/c1-14(2)20(22-24-21(25-30-22)15-7-6-12-23-13-15)26-31(27,28)19-11-10-18(29-3)16-8-4-5-9-17(16)19/h4-14,20,26H,1-3H3. The molecule has 0 saturated heterocycles. The summed E-state index contributed by atoms with van der Waals surface area (Å²) in [7, 11) is -2.35.